The zero-order valence-electron chi connectivity index (χ0n) is 20.5. The molecule has 6 nitrogen and oxygen atoms in total. The number of anilines is 2. The summed E-state index contributed by atoms with van der Waals surface area (Å²) in [6, 6.07) is 23.7. The van der Waals surface area contributed by atoms with Gasteiger partial charge in [0.1, 0.15) is 0 Å². The molecule has 1 heterocycles. The molecule has 0 unspecified atom stereocenters. The highest BCUT2D eigenvalue weighted by molar-refractivity contribution is 6.05. The summed E-state index contributed by atoms with van der Waals surface area (Å²) in [6.07, 6.45) is 2.47. The lowest BCUT2D eigenvalue weighted by Crippen LogP contribution is -2.51. The fourth-order valence-electron chi connectivity index (χ4n) is 4.70. The predicted molar refractivity (Wildman–Crippen MR) is 142 cm³/mol. The van der Waals surface area contributed by atoms with Gasteiger partial charge in [-0.05, 0) is 74.6 Å². The number of piperidine rings is 1. The first-order valence-corrected chi connectivity index (χ1v) is 12.2. The summed E-state index contributed by atoms with van der Waals surface area (Å²) in [5, 5.41) is 6.48. The number of hydrogen-bond acceptors (Lipinski definition) is 4. The van der Waals surface area contributed by atoms with Gasteiger partial charge in [0, 0.05) is 36.1 Å². The van der Waals surface area contributed by atoms with Crippen LogP contribution >= 0.6 is 0 Å². The molecule has 6 heteroatoms. The molecule has 3 aromatic rings. The molecule has 0 bridgehead atoms. The monoisotopic (exact) mass is 470 g/mol. The van der Waals surface area contributed by atoms with Gasteiger partial charge in [-0.15, -0.1) is 0 Å². The van der Waals surface area contributed by atoms with Gasteiger partial charge in [0.05, 0.1) is 6.04 Å². The minimum absolute atomic E-state index is 0.0957. The van der Waals surface area contributed by atoms with E-state index in [1.807, 2.05) is 86.6 Å². The van der Waals surface area contributed by atoms with Crippen LogP contribution in [0.1, 0.15) is 39.9 Å². The molecule has 0 spiro atoms. The number of aryl methyl sites for hydroxylation is 2. The molecule has 3 aromatic carbocycles. The Labute approximate surface area is 207 Å². The maximum Gasteiger partial charge on any atom is 0.255 e. The molecular weight excluding hydrogens is 436 g/mol. The molecule has 2 amide bonds. The smallest absolute Gasteiger partial charge is 0.255 e. The fourth-order valence-corrected chi connectivity index (χ4v) is 4.70. The molecule has 0 saturated carbocycles. The summed E-state index contributed by atoms with van der Waals surface area (Å²) >= 11 is 0. The van der Waals surface area contributed by atoms with Gasteiger partial charge < -0.3 is 21.3 Å². The van der Waals surface area contributed by atoms with E-state index in [9.17, 15) is 9.59 Å². The number of amides is 2. The minimum Gasteiger partial charge on any atom is -0.371 e. The number of carbonyl (C=O) groups excluding carboxylic acids is 2. The van der Waals surface area contributed by atoms with Crippen molar-refractivity contribution in [3.05, 3.63) is 95.1 Å². The van der Waals surface area contributed by atoms with E-state index >= 15 is 0 Å². The Balaban J connectivity index is 1.29. The van der Waals surface area contributed by atoms with Crippen molar-refractivity contribution in [2.24, 2.45) is 5.73 Å². The number of carbonyl (C=O) groups is 2. The molecule has 1 saturated heterocycles. The normalized spacial score (nSPS) is 15.0. The van der Waals surface area contributed by atoms with Crippen LogP contribution in [-0.4, -0.2) is 37.0 Å². The van der Waals surface area contributed by atoms with Crippen LogP contribution < -0.4 is 21.3 Å². The van der Waals surface area contributed by atoms with Crippen molar-refractivity contribution in [2.75, 3.05) is 23.3 Å². The highest BCUT2D eigenvalue weighted by atomic mass is 16.2. The second-order valence-corrected chi connectivity index (χ2v) is 9.39. The molecule has 182 valence electrons. The van der Waals surface area contributed by atoms with E-state index in [-0.39, 0.29) is 23.9 Å². The summed E-state index contributed by atoms with van der Waals surface area (Å²) in [6.45, 7) is 5.76. The van der Waals surface area contributed by atoms with Gasteiger partial charge in [0.15, 0.2) is 0 Å². The molecular formula is C29H34N4O2. The van der Waals surface area contributed by atoms with Crippen LogP contribution in [-0.2, 0) is 11.2 Å². The number of nitrogens with two attached hydrogens (primary N) is 1. The summed E-state index contributed by atoms with van der Waals surface area (Å²) < 4.78 is 0. The molecule has 1 aliphatic heterocycles. The Morgan fingerprint density at radius 3 is 2.29 bits per heavy atom. The lowest BCUT2D eigenvalue weighted by Gasteiger charge is -2.35. The molecule has 4 N–H and O–H groups in total. The van der Waals surface area contributed by atoms with Crippen molar-refractivity contribution in [1.82, 2.24) is 5.32 Å². The van der Waals surface area contributed by atoms with E-state index in [4.69, 9.17) is 5.73 Å². The third-order valence-corrected chi connectivity index (χ3v) is 6.67. The Bertz CT molecular complexity index is 1150. The zero-order chi connectivity index (χ0) is 24.8. The molecule has 4 rings (SSSR count). The van der Waals surface area contributed by atoms with Gasteiger partial charge in [0.2, 0.25) is 5.91 Å². The van der Waals surface area contributed by atoms with Gasteiger partial charge >= 0.3 is 0 Å². The van der Waals surface area contributed by atoms with E-state index in [2.05, 4.69) is 15.5 Å². The molecule has 1 fully saturated rings. The van der Waals surface area contributed by atoms with Crippen LogP contribution in [0.5, 0.6) is 0 Å². The first-order chi connectivity index (χ1) is 16.9. The largest absolute Gasteiger partial charge is 0.371 e. The number of rotatable bonds is 8. The van der Waals surface area contributed by atoms with Crippen LogP contribution in [0.15, 0.2) is 72.8 Å². The Hall–Kier alpha value is -3.64. The number of benzene rings is 3. The van der Waals surface area contributed by atoms with Gasteiger partial charge in [0.25, 0.3) is 5.91 Å². The van der Waals surface area contributed by atoms with E-state index in [0.29, 0.717) is 12.0 Å². The van der Waals surface area contributed by atoms with Gasteiger partial charge in [-0.25, -0.2) is 0 Å². The number of nitrogens with one attached hydrogen (secondary N) is 2. The number of hydrogen-bond donors (Lipinski definition) is 3. The quantitative estimate of drug-likeness (QED) is 0.460. The Morgan fingerprint density at radius 2 is 1.66 bits per heavy atom. The zero-order valence-corrected chi connectivity index (χ0v) is 20.5. The molecule has 0 aromatic heterocycles. The summed E-state index contributed by atoms with van der Waals surface area (Å²) in [5.41, 5.74) is 11.5. The van der Waals surface area contributed by atoms with E-state index in [1.54, 1.807) is 0 Å². The second kappa shape index (κ2) is 11.2. The molecule has 0 aliphatic carbocycles. The van der Waals surface area contributed by atoms with Crippen LogP contribution in [0, 0.1) is 13.8 Å². The maximum atomic E-state index is 12.7. The molecule has 0 radical (unpaired) electrons. The molecule has 35 heavy (non-hydrogen) atoms. The first-order valence-electron chi connectivity index (χ1n) is 12.2. The standard InChI is InChI=1S/C29H34N4O2/c1-20-8-13-26(21(2)18-20)29(35)32-23-9-11-25(12-10-23)33-16-14-24(15-17-33)31-27(28(30)34)19-22-6-4-3-5-7-22/h3-13,18,24,27,31H,14-17,19H2,1-2H3,(H2,30,34)(H,32,35)/t27-/m0/s1. The van der Waals surface area contributed by atoms with Crippen molar-refractivity contribution >= 4 is 23.2 Å². The Kier molecular flexibility index (Phi) is 7.83. The van der Waals surface area contributed by atoms with Crippen LogP contribution in [0.4, 0.5) is 11.4 Å². The first kappa shape index (κ1) is 24.5. The van der Waals surface area contributed by atoms with E-state index in [0.717, 1.165) is 54.0 Å². The van der Waals surface area contributed by atoms with Gasteiger partial charge in [-0.1, -0.05) is 48.0 Å². The average Bonchev–Trinajstić information content (AvgIpc) is 2.85. The van der Waals surface area contributed by atoms with Crippen molar-refractivity contribution < 1.29 is 9.59 Å². The van der Waals surface area contributed by atoms with Gasteiger partial charge in [-0.3, -0.25) is 9.59 Å². The lowest BCUT2D eigenvalue weighted by molar-refractivity contribution is -0.120. The number of primary amides is 1. The summed E-state index contributed by atoms with van der Waals surface area (Å²) in [4.78, 5) is 27.0. The highest BCUT2D eigenvalue weighted by Gasteiger charge is 2.24. The predicted octanol–water partition coefficient (Wildman–Crippen LogP) is 4.21. The fraction of sp³-hybridized carbons (Fsp3) is 0.310. The van der Waals surface area contributed by atoms with Crippen molar-refractivity contribution in [1.29, 1.82) is 0 Å². The van der Waals surface area contributed by atoms with Gasteiger partial charge in [-0.2, -0.15) is 0 Å². The van der Waals surface area contributed by atoms with Crippen LogP contribution in [0.25, 0.3) is 0 Å². The van der Waals surface area contributed by atoms with E-state index < -0.39 is 0 Å². The third-order valence-electron chi connectivity index (χ3n) is 6.67. The average molecular weight is 471 g/mol. The lowest BCUT2D eigenvalue weighted by atomic mass is 10.00. The molecule has 1 aliphatic rings. The van der Waals surface area contributed by atoms with Crippen molar-refractivity contribution in [3.8, 4) is 0 Å². The highest BCUT2D eigenvalue weighted by Crippen LogP contribution is 2.23. The minimum atomic E-state index is -0.367. The summed E-state index contributed by atoms with van der Waals surface area (Å²) in [5.74, 6) is -0.406. The topological polar surface area (TPSA) is 87.5 Å². The van der Waals surface area contributed by atoms with Crippen LogP contribution in [0.3, 0.4) is 0 Å². The summed E-state index contributed by atoms with van der Waals surface area (Å²) in [7, 11) is 0. The SMILES string of the molecule is Cc1ccc(C(=O)Nc2ccc(N3CCC(N[C@@H](Cc4ccccc4)C(N)=O)CC3)cc2)c(C)c1. The third kappa shape index (κ3) is 6.49. The van der Waals surface area contributed by atoms with Crippen molar-refractivity contribution in [2.45, 2.75) is 45.2 Å². The van der Waals surface area contributed by atoms with Crippen LogP contribution in [0.2, 0.25) is 0 Å². The Morgan fingerprint density at radius 1 is 0.971 bits per heavy atom. The number of nitrogens with zero attached hydrogens (tertiary/aromatic N) is 1. The second-order valence-electron chi connectivity index (χ2n) is 9.39. The maximum absolute atomic E-state index is 12.7. The van der Waals surface area contributed by atoms with E-state index in [1.165, 1.54) is 0 Å². The molecule has 1 atom stereocenters. The van der Waals surface area contributed by atoms with Crippen molar-refractivity contribution in [3.63, 3.8) is 0 Å².